The van der Waals surface area contributed by atoms with Crippen molar-refractivity contribution < 1.29 is 19.1 Å². The fourth-order valence-corrected chi connectivity index (χ4v) is 5.11. The van der Waals surface area contributed by atoms with Crippen LogP contribution < -0.4 is 15.4 Å². The van der Waals surface area contributed by atoms with Gasteiger partial charge in [0.2, 0.25) is 5.16 Å². The third-order valence-electron chi connectivity index (χ3n) is 5.83. The molecular weight excluding hydrogens is 444 g/mol. The second-order valence-corrected chi connectivity index (χ2v) is 8.85. The molecule has 2 heterocycles. The van der Waals surface area contributed by atoms with Crippen LogP contribution in [0.15, 0.2) is 40.7 Å². The fraction of sp³-hybridized carbons (Fsp3) is 0.500. The summed E-state index contributed by atoms with van der Waals surface area (Å²) in [5.74, 6) is 0.528. The van der Waals surface area contributed by atoms with Crippen LogP contribution in [-0.4, -0.2) is 51.7 Å². The Balaban J connectivity index is 1.62. The topological polar surface area (TPSA) is 120 Å². The number of carbonyl (C=O) groups is 2. The number of tetrazole rings is 1. The normalized spacial score (nSPS) is 19.1. The van der Waals surface area contributed by atoms with Crippen molar-refractivity contribution in [1.82, 2.24) is 30.8 Å². The van der Waals surface area contributed by atoms with Gasteiger partial charge in [-0.15, -0.1) is 5.10 Å². The molecule has 0 spiro atoms. The van der Waals surface area contributed by atoms with Gasteiger partial charge in [0.15, 0.2) is 0 Å². The standard InChI is InChI=1S/C22H28N6O4S/c1-3-32-20(29)18-17(13-33-22-25-26-27-28(22)15-7-5-4-6-8-15)23-21(30)24-19(18)14-9-11-16(31-2)12-10-14/h9-12,15,19H,3-8,13H2,1-2H3,(H2,23,24,30). The number of hydrogen-bond acceptors (Lipinski definition) is 8. The number of thioether (sulfide) groups is 1. The van der Waals surface area contributed by atoms with E-state index in [1.54, 1.807) is 26.2 Å². The molecule has 1 aromatic carbocycles. The lowest BCUT2D eigenvalue weighted by Gasteiger charge is -2.29. The average Bonchev–Trinajstić information content (AvgIpc) is 3.32. The summed E-state index contributed by atoms with van der Waals surface area (Å²) in [6.45, 7) is 1.98. The van der Waals surface area contributed by atoms with Crippen LogP contribution in [0.3, 0.4) is 0 Å². The Hall–Kier alpha value is -3.08. The van der Waals surface area contributed by atoms with E-state index >= 15 is 0 Å². The van der Waals surface area contributed by atoms with E-state index in [4.69, 9.17) is 9.47 Å². The maximum atomic E-state index is 12.9. The molecule has 1 aromatic heterocycles. The predicted octanol–water partition coefficient (Wildman–Crippen LogP) is 3.15. The molecule has 0 bridgehead atoms. The third kappa shape index (κ3) is 5.29. The van der Waals surface area contributed by atoms with Crippen molar-refractivity contribution in [2.45, 2.75) is 56.3 Å². The van der Waals surface area contributed by atoms with E-state index in [1.807, 2.05) is 16.8 Å². The fourth-order valence-electron chi connectivity index (χ4n) is 4.20. The number of aromatic nitrogens is 4. The van der Waals surface area contributed by atoms with Crippen molar-refractivity contribution in [3.05, 3.63) is 41.1 Å². The van der Waals surface area contributed by atoms with Gasteiger partial charge in [-0.05, 0) is 47.9 Å². The van der Waals surface area contributed by atoms with Crippen LogP contribution in [-0.2, 0) is 9.53 Å². The summed E-state index contributed by atoms with van der Waals surface area (Å²) < 4.78 is 12.4. The number of urea groups is 1. The van der Waals surface area contributed by atoms with Crippen LogP contribution in [0.5, 0.6) is 5.75 Å². The number of hydrogen-bond donors (Lipinski definition) is 2. The summed E-state index contributed by atoms with van der Waals surface area (Å²) >= 11 is 1.40. The van der Waals surface area contributed by atoms with Crippen LogP contribution in [0, 0.1) is 0 Å². The number of rotatable bonds is 8. The van der Waals surface area contributed by atoms with Gasteiger partial charge in [-0.2, -0.15) is 0 Å². The van der Waals surface area contributed by atoms with E-state index in [9.17, 15) is 9.59 Å². The quantitative estimate of drug-likeness (QED) is 0.444. The van der Waals surface area contributed by atoms with Gasteiger partial charge in [0.25, 0.3) is 0 Å². The molecule has 0 radical (unpaired) electrons. The Labute approximate surface area is 196 Å². The van der Waals surface area contributed by atoms with Gasteiger partial charge in [-0.1, -0.05) is 43.2 Å². The maximum absolute atomic E-state index is 12.9. The highest BCUT2D eigenvalue weighted by Crippen LogP contribution is 2.33. The van der Waals surface area contributed by atoms with Crippen molar-refractivity contribution >= 4 is 23.8 Å². The van der Waals surface area contributed by atoms with Gasteiger partial charge in [0.05, 0.1) is 31.4 Å². The first kappa shape index (κ1) is 23.1. The smallest absolute Gasteiger partial charge is 0.338 e. The van der Waals surface area contributed by atoms with Crippen molar-refractivity contribution in [2.75, 3.05) is 19.5 Å². The zero-order valence-corrected chi connectivity index (χ0v) is 19.6. The first-order chi connectivity index (χ1) is 16.1. The van der Waals surface area contributed by atoms with E-state index in [-0.39, 0.29) is 18.7 Å². The Morgan fingerprint density at radius 1 is 1.21 bits per heavy atom. The largest absolute Gasteiger partial charge is 0.497 e. The minimum Gasteiger partial charge on any atom is -0.497 e. The molecule has 1 aliphatic heterocycles. The van der Waals surface area contributed by atoms with E-state index in [1.165, 1.54) is 18.2 Å². The van der Waals surface area contributed by atoms with E-state index < -0.39 is 12.0 Å². The van der Waals surface area contributed by atoms with Gasteiger partial charge < -0.3 is 20.1 Å². The summed E-state index contributed by atoms with van der Waals surface area (Å²) in [6.07, 6.45) is 5.67. The van der Waals surface area contributed by atoms with E-state index in [0.29, 0.717) is 27.9 Å². The lowest BCUT2D eigenvalue weighted by Crippen LogP contribution is -2.46. The van der Waals surface area contributed by atoms with Crippen molar-refractivity contribution in [1.29, 1.82) is 0 Å². The maximum Gasteiger partial charge on any atom is 0.338 e. The van der Waals surface area contributed by atoms with Crippen molar-refractivity contribution in [3.63, 3.8) is 0 Å². The Morgan fingerprint density at radius 3 is 2.67 bits per heavy atom. The van der Waals surface area contributed by atoms with Gasteiger partial charge in [-0.3, -0.25) is 0 Å². The predicted molar refractivity (Wildman–Crippen MR) is 122 cm³/mol. The number of nitrogens with one attached hydrogen (secondary N) is 2. The molecule has 1 saturated carbocycles. The number of nitrogens with zero attached hydrogens (tertiary/aromatic N) is 4. The summed E-state index contributed by atoms with van der Waals surface area (Å²) in [6, 6.07) is 6.48. The molecule has 0 saturated heterocycles. The SMILES string of the molecule is CCOC(=O)C1=C(CSc2nnnn2C2CCCCC2)NC(=O)NC1c1ccc(OC)cc1. The molecule has 33 heavy (non-hydrogen) atoms. The van der Waals surface area contributed by atoms with Crippen molar-refractivity contribution in [3.8, 4) is 5.75 Å². The Morgan fingerprint density at radius 2 is 1.97 bits per heavy atom. The zero-order chi connectivity index (χ0) is 23.2. The second-order valence-electron chi connectivity index (χ2n) is 7.90. The van der Waals surface area contributed by atoms with Crippen LogP contribution >= 0.6 is 11.8 Å². The molecule has 1 unspecified atom stereocenters. The molecule has 2 aromatic rings. The zero-order valence-electron chi connectivity index (χ0n) is 18.7. The van der Waals surface area contributed by atoms with Gasteiger partial charge in [0.1, 0.15) is 5.75 Å². The number of ether oxygens (including phenoxy) is 2. The van der Waals surface area contributed by atoms with Gasteiger partial charge in [-0.25, -0.2) is 14.3 Å². The molecule has 2 amide bonds. The van der Waals surface area contributed by atoms with Crippen LogP contribution in [0.4, 0.5) is 4.79 Å². The van der Waals surface area contributed by atoms with Gasteiger partial charge in [0, 0.05) is 11.4 Å². The number of amides is 2. The number of carbonyl (C=O) groups excluding carboxylic acids is 2. The summed E-state index contributed by atoms with van der Waals surface area (Å²) in [4.78, 5) is 25.4. The summed E-state index contributed by atoms with van der Waals surface area (Å²) in [7, 11) is 1.58. The highest BCUT2D eigenvalue weighted by Gasteiger charge is 2.34. The molecule has 1 aliphatic carbocycles. The first-order valence-electron chi connectivity index (χ1n) is 11.1. The lowest BCUT2D eigenvalue weighted by atomic mass is 9.95. The molecule has 1 fully saturated rings. The molecular formula is C22H28N6O4S. The first-order valence-corrected chi connectivity index (χ1v) is 12.1. The minimum atomic E-state index is -0.645. The summed E-state index contributed by atoms with van der Waals surface area (Å²) in [5.41, 5.74) is 1.61. The average molecular weight is 473 g/mol. The molecule has 1 atom stereocenters. The summed E-state index contributed by atoms with van der Waals surface area (Å²) in [5, 5.41) is 18.5. The molecule has 11 heteroatoms. The molecule has 4 rings (SSSR count). The molecule has 2 N–H and O–H groups in total. The molecule has 10 nitrogen and oxygen atoms in total. The van der Waals surface area contributed by atoms with Crippen LogP contribution in [0.25, 0.3) is 0 Å². The molecule has 2 aliphatic rings. The number of benzene rings is 1. The number of esters is 1. The van der Waals surface area contributed by atoms with Gasteiger partial charge >= 0.3 is 12.0 Å². The minimum absolute atomic E-state index is 0.228. The Bertz CT molecular complexity index is 1020. The third-order valence-corrected chi connectivity index (χ3v) is 6.79. The van der Waals surface area contributed by atoms with E-state index in [2.05, 4.69) is 26.2 Å². The Kier molecular flexibility index (Phi) is 7.48. The number of methoxy groups -OCH3 is 1. The monoisotopic (exact) mass is 472 g/mol. The highest BCUT2D eigenvalue weighted by atomic mass is 32.2. The van der Waals surface area contributed by atoms with Crippen molar-refractivity contribution in [2.24, 2.45) is 0 Å². The lowest BCUT2D eigenvalue weighted by molar-refractivity contribution is -0.139. The van der Waals surface area contributed by atoms with Crippen LogP contribution in [0.2, 0.25) is 0 Å². The highest BCUT2D eigenvalue weighted by molar-refractivity contribution is 7.99. The van der Waals surface area contributed by atoms with Crippen LogP contribution in [0.1, 0.15) is 56.7 Å². The molecule has 176 valence electrons. The van der Waals surface area contributed by atoms with E-state index in [0.717, 1.165) is 31.2 Å². The second kappa shape index (κ2) is 10.7.